The van der Waals surface area contributed by atoms with Gasteiger partial charge in [0.05, 0.1) is 0 Å². The second-order valence-corrected chi connectivity index (χ2v) is 6.13. The third-order valence-corrected chi connectivity index (χ3v) is 3.81. The fourth-order valence-electron chi connectivity index (χ4n) is 1.82. The predicted molar refractivity (Wildman–Crippen MR) is 63.9 cm³/mol. The summed E-state index contributed by atoms with van der Waals surface area (Å²) in [5.74, 6) is 0.224. The van der Waals surface area contributed by atoms with Gasteiger partial charge in [0, 0.05) is 12.5 Å². The minimum atomic E-state index is -3.29. The van der Waals surface area contributed by atoms with Crippen LogP contribution in [0.25, 0.3) is 0 Å². The summed E-state index contributed by atoms with van der Waals surface area (Å²) in [5.41, 5.74) is 0. The van der Waals surface area contributed by atoms with E-state index >= 15 is 0 Å². The molecule has 94 valence electrons. The summed E-state index contributed by atoms with van der Waals surface area (Å²) in [4.78, 5) is 4.18. The van der Waals surface area contributed by atoms with Gasteiger partial charge in [0.15, 0.2) is 9.84 Å². The summed E-state index contributed by atoms with van der Waals surface area (Å²) in [6.07, 6.45) is 4.51. The molecule has 0 aliphatic carbocycles. The van der Waals surface area contributed by atoms with Gasteiger partial charge in [0.2, 0.25) is 5.88 Å². The minimum Gasteiger partial charge on any atom is -0.473 e. The van der Waals surface area contributed by atoms with Crippen LogP contribution < -0.4 is 10.1 Å². The van der Waals surface area contributed by atoms with Crippen LogP contribution in [0.4, 0.5) is 0 Å². The van der Waals surface area contributed by atoms with Crippen molar-refractivity contribution < 1.29 is 13.2 Å². The van der Waals surface area contributed by atoms with Crippen LogP contribution in [-0.4, -0.2) is 38.9 Å². The van der Waals surface area contributed by atoms with Crippen molar-refractivity contribution in [2.45, 2.75) is 23.8 Å². The third kappa shape index (κ3) is 3.17. The Morgan fingerprint density at radius 3 is 2.76 bits per heavy atom. The van der Waals surface area contributed by atoms with E-state index in [0.29, 0.717) is 0 Å². The van der Waals surface area contributed by atoms with Crippen molar-refractivity contribution in [2.24, 2.45) is 0 Å². The Kier molecular flexibility index (Phi) is 3.63. The quantitative estimate of drug-likeness (QED) is 0.858. The standard InChI is InChI=1S/C11H16N2O3S/c1-17(14,15)10-3-2-6-13-11(10)16-9-4-7-12-8-5-9/h2-3,6,9,12H,4-5,7-8H2,1H3. The van der Waals surface area contributed by atoms with Crippen LogP contribution in [0.2, 0.25) is 0 Å². The summed E-state index contributed by atoms with van der Waals surface area (Å²) in [7, 11) is -3.29. The molecule has 0 atom stereocenters. The van der Waals surface area contributed by atoms with Crippen LogP contribution in [-0.2, 0) is 9.84 Å². The van der Waals surface area contributed by atoms with Gasteiger partial charge in [-0.2, -0.15) is 0 Å². The molecule has 1 aliphatic rings. The normalized spacial score (nSPS) is 17.9. The lowest BCUT2D eigenvalue weighted by atomic mass is 10.1. The van der Waals surface area contributed by atoms with Crippen molar-refractivity contribution in [3.63, 3.8) is 0 Å². The van der Waals surface area contributed by atoms with E-state index in [0.717, 1.165) is 25.9 Å². The molecule has 1 aromatic heterocycles. The zero-order valence-corrected chi connectivity index (χ0v) is 10.5. The van der Waals surface area contributed by atoms with E-state index in [4.69, 9.17) is 4.74 Å². The number of piperidine rings is 1. The molecule has 6 heteroatoms. The van der Waals surface area contributed by atoms with Gasteiger partial charge in [-0.1, -0.05) is 0 Å². The van der Waals surface area contributed by atoms with Gasteiger partial charge in [-0.05, 0) is 38.1 Å². The van der Waals surface area contributed by atoms with Gasteiger partial charge >= 0.3 is 0 Å². The highest BCUT2D eigenvalue weighted by atomic mass is 32.2. The number of aromatic nitrogens is 1. The molecular formula is C11H16N2O3S. The Balaban J connectivity index is 2.20. The first kappa shape index (κ1) is 12.3. The summed E-state index contributed by atoms with van der Waals surface area (Å²) in [6, 6.07) is 3.13. The molecule has 2 heterocycles. The Morgan fingerprint density at radius 1 is 1.41 bits per heavy atom. The van der Waals surface area contributed by atoms with Crippen molar-refractivity contribution in [1.82, 2.24) is 10.3 Å². The molecule has 1 N–H and O–H groups in total. The van der Waals surface area contributed by atoms with Gasteiger partial charge in [0.25, 0.3) is 0 Å². The molecule has 1 aliphatic heterocycles. The summed E-state index contributed by atoms with van der Waals surface area (Å²) >= 11 is 0. The highest BCUT2D eigenvalue weighted by Gasteiger charge is 2.20. The molecule has 1 fully saturated rings. The summed E-state index contributed by atoms with van der Waals surface area (Å²) < 4.78 is 28.8. The van der Waals surface area contributed by atoms with Crippen molar-refractivity contribution >= 4 is 9.84 Å². The second kappa shape index (κ2) is 5.01. The lowest BCUT2D eigenvalue weighted by Gasteiger charge is -2.23. The Labute approximate surface area is 101 Å². The van der Waals surface area contributed by atoms with Crippen LogP contribution in [0.1, 0.15) is 12.8 Å². The Hall–Kier alpha value is -1.14. The minimum absolute atomic E-state index is 0.0478. The molecule has 0 aromatic carbocycles. The van der Waals surface area contributed by atoms with E-state index in [2.05, 4.69) is 10.3 Å². The molecular weight excluding hydrogens is 240 g/mol. The fraction of sp³-hybridized carbons (Fsp3) is 0.545. The van der Waals surface area contributed by atoms with Crippen molar-refractivity contribution in [1.29, 1.82) is 0 Å². The van der Waals surface area contributed by atoms with E-state index in [1.165, 1.54) is 12.3 Å². The number of rotatable bonds is 3. The maximum atomic E-state index is 11.6. The molecule has 0 unspecified atom stereocenters. The smallest absolute Gasteiger partial charge is 0.232 e. The third-order valence-electron chi connectivity index (χ3n) is 2.70. The van der Waals surface area contributed by atoms with Crippen LogP contribution in [0.15, 0.2) is 23.2 Å². The van der Waals surface area contributed by atoms with Crippen molar-refractivity contribution in [3.05, 3.63) is 18.3 Å². The van der Waals surface area contributed by atoms with Gasteiger partial charge in [-0.15, -0.1) is 0 Å². The topological polar surface area (TPSA) is 68.3 Å². The second-order valence-electron chi connectivity index (χ2n) is 4.15. The molecule has 17 heavy (non-hydrogen) atoms. The molecule has 0 spiro atoms. The van der Waals surface area contributed by atoms with Crippen LogP contribution in [0.3, 0.4) is 0 Å². The number of nitrogens with one attached hydrogen (secondary N) is 1. The zero-order valence-electron chi connectivity index (χ0n) is 9.72. The number of nitrogens with zero attached hydrogens (tertiary/aromatic N) is 1. The number of hydrogen-bond donors (Lipinski definition) is 1. The van der Waals surface area contributed by atoms with Crippen LogP contribution >= 0.6 is 0 Å². The number of sulfone groups is 1. The first-order valence-electron chi connectivity index (χ1n) is 5.60. The first-order chi connectivity index (χ1) is 8.07. The summed E-state index contributed by atoms with van der Waals surface area (Å²) in [5, 5.41) is 3.23. The Morgan fingerprint density at radius 2 is 2.12 bits per heavy atom. The van der Waals surface area contributed by atoms with E-state index in [9.17, 15) is 8.42 Å². The summed E-state index contributed by atoms with van der Waals surface area (Å²) in [6.45, 7) is 1.79. The van der Waals surface area contributed by atoms with Crippen LogP contribution in [0, 0.1) is 0 Å². The van der Waals surface area contributed by atoms with Gasteiger partial charge in [0.1, 0.15) is 11.0 Å². The number of hydrogen-bond acceptors (Lipinski definition) is 5. The molecule has 0 bridgehead atoms. The van der Waals surface area contributed by atoms with E-state index in [1.807, 2.05) is 0 Å². The Bertz CT molecular complexity index is 481. The average molecular weight is 256 g/mol. The molecule has 1 aromatic rings. The molecule has 5 nitrogen and oxygen atoms in total. The van der Waals surface area contributed by atoms with Crippen molar-refractivity contribution in [3.8, 4) is 5.88 Å². The highest BCUT2D eigenvalue weighted by Crippen LogP contribution is 2.23. The SMILES string of the molecule is CS(=O)(=O)c1cccnc1OC1CCNCC1. The predicted octanol–water partition coefficient (Wildman–Crippen LogP) is 0.616. The zero-order chi connectivity index (χ0) is 12.3. The number of pyridine rings is 1. The van der Waals surface area contributed by atoms with Crippen molar-refractivity contribution in [2.75, 3.05) is 19.3 Å². The first-order valence-corrected chi connectivity index (χ1v) is 7.49. The van der Waals surface area contributed by atoms with E-state index < -0.39 is 9.84 Å². The molecule has 0 radical (unpaired) electrons. The van der Waals surface area contributed by atoms with E-state index in [-0.39, 0.29) is 16.9 Å². The fourth-order valence-corrected chi connectivity index (χ4v) is 2.56. The highest BCUT2D eigenvalue weighted by molar-refractivity contribution is 7.90. The largest absolute Gasteiger partial charge is 0.473 e. The number of ether oxygens (including phenoxy) is 1. The van der Waals surface area contributed by atoms with Crippen LogP contribution in [0.5, 0.6) is 5.88 Å². The van der Waals surface area contributed by atoms with Gasteiger partial charge in [-0.3, -0.25) is 0 Å². The van der Waals surface area contributed by atoms with Gasteiger partial charge < -0.3 is 10.1 Å². The van der Waals surface area contributed by atoms with E-state index in [1.54, 1.807) is 12.3 Å². The molecule has 1 saturated heterocycles. The molecule has 0 saturated carbocycles. The maximum Gasteiger partial charge on any atom is 0.232 e. The molecule has 2 rings (SSSR count). The maximum absolute atomic E-state index is 11.6. The lowest BCUT2D eigenvalue weighted by molar-refractivity contribution is 0.151. The lowest BCUT2D eigenvalue weighted by Crippen LogP contribution is -2.34. The monoisotopic (exact) mass is 256 g/mol. The average Bonchev–Trinajstić information content (AvgIpc) is 2.30. The molecule has 0 amide bonds. The van der Waals surface area contributed by atoms with Gasteiger partial charge in [-0.25, -0.2) is 13.4 Å².